The number of carbonyl (C=O) groups is 2. The smallest absolute Gasteiger partial charge is 0.254 e. The summed E-state index contributed by atoms with van der Waals surface area (Å²) < 4.78 is 30.4. The van der Waals surface area contributed by atoms with E-state index in [9.17, 15) is 18.4 Å². The van der Waals surface area contributed by atoms with Crippen LogP contribution < -0.4 is 10.6 Å². The number of fused-ring (bicyclic) bond motifs is 2. The van der Waals surface area contributed by atoms with Crippen molar-refractivity contribution in [3.8, 4) is 11.4 Å². The zero-order chi connectivity index (χ0) is 42.6. The van der Waals surface area contributed by atoms with Gasteiger partial charge in [0, 0.05) is 48.4 Å². The molecule has 0 saturated heterocycles. The summed E-state index contributed by atoms with van der Waals surface area (Å²) in [7, 11) is 0. The van der Waals surface area contributed by atoms with E-state index in [1.165, 1.54) is 36.7 Å². The molecule has 0 saturated carbocycles. The fourth-order valence-electron chi connectivity index (χ4n) is 6.37. The average Bonchev–Trinajstić information content (AvgIpc) is 3.91. The van der Waals surface area contributed by atoms with Gasteiger partial charge in [-0.15, -0.1) is 0 Å². The Kier molecular flexibility index (Phi) is 14.5. The summed E-state index contributed by atoms with van der Waals surface area (Å²) in [5.74, 6) is -1.10. The number of hydrogen-bond donors (Lipinski definition) is 3. The van der Waals surface area contributed by atoms with Crippen molar-refractivity contribution in [1.29, 1.82) is 0 Å². The van der Waals surface area contributed by atoms with Crippen LogP contribution in [0.25, 0.3) is 33.2 Å². The zero-order valence-corrected chi connectivity index (χ0v) is 34.5. The van der Waals surface area contributed by atoms with Gasteiger partial charge in [-0.2, -0.15) is 10.2 Å². The van der Waals surface area contributed by atoms with Crippen molar-refractivity contribution in [2.45, 2.75) is 45.7 Å². The molecule has 8 rings (SSSR count). The van der Waals surface area contributed by atoms with Gasteiger partial charge in [0.25, 0.3) is 11.8 Å². The molecule has 0 fully saturated rings. The quantitative estimate of drug-likeness (QED) is 0.114. The van der Waals surface area contributed by atoms with Gasteiger partial charge in [-0.25, -0.2) is 23.1 Å². The number of benzene rings is 2. The SMILES string of the molecule is CCO.CC[C@H](NC(=O)c1cncc2c1cnn2-c1ccc(F)cc1)c1ccnc(Br)c1.CC[C@H](NC(=O)c1cncc2c1cnn2-c1ccc(F)cc1)c1ccncc1. The Bertz CT molecular complexity index is 2680. The van der Waals surface area contributed by atoms with E-state index in [0.717, 1.165) is 24.0 Å². The number of aliphatic hydroxyl groups excluding tert-OH is 1. The molecule has 0 aliphatic rings. The number of halogens is 3. The van der Waals surface area contributed by atoms with Crippen LogP contribution in [0.3, 0.4) is 0 Å². The molecule has 60 heavy (non-hydrogen) atoms. The van der Waals surface area contributed by atoms with E-state index in [1.807, 2.05) is 38.1 Å². The van der Waals surface area contributed by atoms with Gasteiger partial charge < -0.3 is 15.7 Å². The molecule has 0 spiro atoms. The van der Waals surface area contributed by atoms with E-state index in [2.05, 4.69) is 56.7 Å². The third-order valence-electron chi connectivity index (χ3n) is 9.31. The van der Waals surface area contributed by atoms with Crippen LogP contribution >= 0.6 is 15.9 Å². The van der Waals surface area contributed by atoms with Crippen LogP contribution in [0.15, 0.2) is 133 Å². The van der Waals surface area contributed by atoms with Crippen molar-refractivity contribution in [3.63, 3.8) is 0 Å². The lowest BCUT2D eigenvalue weighted by molar-refractivity contribution is 0.0928. The fraction of sp³-hybridized carbons (Fsp3) is 0.182. The fourth-order valence-corrected chi connectivity index (χ4v) is 6.75. The minimum atomic E-state index is -0.322. The maximum atomic E-state index is 13.2. The number of nitrogens with zero attached hydrogens (tertiary/aromatic N) is 8. The molecule has 8 aromatic rings. The van der Waals surface area contributed by atoms with Crippen LogP contribution in [0.1, 0.15) is 77.5 Å². The predicted octanol–water partition coefficient (Wildman–Crippen LogP) is 8.43. The highest BCUT2D eigenvalue weighted by atomic mass is 79.9. The van der Waals surface area contributed by atoms with Crippen LogP contribution in [0, 0.1) is 11.6 Å². The topological polar surface area (TPSA) is 166 Å². The number of carbonyl (C=O) groups excluding carboxylic acids is 2. The van der Waals surface area contributed by atoms with Gasteiger partial charge in [0.2, 0.25) is 0 Å². The molecule has 0 aliphatic carbocycles. The van der Waals surface area contributed by atoms with Gasteiger partial charge in [-0.05, 0) is 120 Å². The minimum absolute atomic E-state index is 0.127. The lowest BCUT2D eigenvalue weighted by Gasteiger charge is -2.17. The first-order valence-electron chi connectivity index (χ1n) is 19.0. The summed E-state index contributed by atoms with van der Waals surface area (Å²) in [5.41, 5.74) is 5.56. The second kappa shape index (κ2) is 20.3. The Labute approximate surface area is 352 Å². The van der Waals surface area contributed by atoms with Crippen molar-refractivity contribution in [3.05, 3.63) is 167 Å². The van der Waals surface area contributed by atoms with E-state index in [-0.39, 0.29) is 42.1 Å². The summed E-state index contributed by atoms with van der Waals surface area (Å²) in [5, 5.41) is 23.8. The number of amides is 2. The predicted molar refractivity (Wildman–Crippen MR) is 228 cm³/mol. The number of aromatic nitrogens is 8. The first kappa shape index (κ1) is 42.8. The Morgan fingerprint density at radius 2 is 1.07 bits per heavy atom. The van der Waals surface area contributed by atoms with Crippen LogP contribution in [-0.4, -0.2) is 63.0 Å². The normalized spacial score (nSPS) is 11.8. The second-order valence-corrected chi connectivity index (χ2v) is 14.0. The lowest BCUT2D eigenvalue weighted by atomic mass is 10.1. The third-order valence-corrected chi connectivity index (χ3v) is 9.75. The molecule has 0 aliphatic heterocycles. The molecule has 0 unspecified atom stereocenters. The maximum absolute atomic E-state index is 13.2. The van der Waals surface area contributed by atoms with Crippen LogP contribution in [0.2, 0.25) is 0 Å². The van der Waals surface area contributed by atoms with Crippen LogP contribution in [0.5, 0.6) is 0 Å². The molecule has 16 heteroatoms. The Balaban J connectivity index is 0.000000189. The highest BCUT2D eigenvalue weighted by Crippen LogP contribution is 2.25. The standard InChI is InChI=1S/C21H17BrFN5O.C21H18FN5O.C2H6O/c1-2-18(13-7-8-25-20(22)9-13)27-21(29)17-10-24-12-19-16(17)11-26-28(19)15-5-3-14(23)4-6-15;1-2-19(14-7-9-23-10-8-14)26-21(28)18-11-24-13-20-17(18)12-25-27(20)16-5-3-15(22)4-6-16;1-2-3/h3-12,18H,2H2,1H3,(H,27,29);3-13,19H,2H2,1H3,(H,26,28);3H,2H2,1H3/t18-;19-;/m00./s1. The van der Waals surface area contributed by atoms with Gasteiger partial charge in [0.1, 0.15) is 16.2 Å². The molecule has 2 amide bonds. The lowest BCUT2D eigenvalue weighted by Crippen LogP contribution is -2.28. The molecule has 6 aromatic heterocycles. The van der Waals surface area contributed by atoms with Gasteiger partial charge in [0.05, 0.1) is 70.4 Å². The number of rotatable bonds is 10. The number of hydrogen-bond acceptors (Lipinski definition) is 9. The number of nitrogens with one attached hydrogen (secondary N) is 2. The highest BCUT2D eigenvalue weighted by Gasteiger charge is 2.20. The summed E-state index contributed by atoms with van der Waals surface area (Å²) in [6.45, 7) is 5.95. The highest BCUT2D eigenvalue weighted by molar-refractivity contribution is 9.10. The monoisotopic (exact) mass is 874 g/mol. The summed E-state index contributed by atoms with van der Waals surface area (Å²) in [6, 6.07) is 19.2. The molecule has 0 bridgehead atoms. The molecule has 2 atom stereocenters. The van der Waals surface area contributed by atoms with E-state index in [0.29, 0.717) is 48.9 Å². The van der Waals surface area contributed by atoms with Crippen molar-refractivity contribution in [2.24, 2.45) is 0 Å². The zero-order valence-electron chi connectivity index (χ0n) is 32.9. The molecule has 6 heterocycles. The van der Waals surface area contributed by atoms with Crippen LogP contribution in [-0.2, 0) is 0 Å². The third kappa shape index (κ3) is 10.1. The van der Waals surface area contributed by atoms with Crippen molar-refractivity contribution < 1.29 is 23.5 Å². The van der Waals surface area contributed by atoms with Gasteiger partial charge in [-0.1, -0.05) is 13.8 Å². The molecule has 306 valence electrons. The Morgan fingerprint density at radius 3 is 1.50 bits per heavy atom. The summed E-state index contributed by atoms with van der Waals surface area (Å²) in [6.07, 6.45) is 16.2. The number of pyridine rings is 4. The van der Waals surface area contributed by atoms with E-state index in [4.69, 9.17) is 5.11 Å². The molecular formula is C44H41BrF2N10O3. The van der Waals surface area contributed by atoms with Crippen molar-refractivity contribution >= 4 is 49.6 Å². The molecular weight excluding hydrogens is 834 g/mol. The first-order chi connectivity index (χ1) is 29.1. The summed E-state index contributed by atoms with van der Waals surface area (Å²) in [4.78, 5) is 42.5. The minimum Gasteiger partial charge on any atom is -0.397 e. The number of aliphatic hydroxyl groups is 1. The van der Waals surface area contributed by atoms with Gasteiger partial charge in [0.15, 0.2) is 0 Å². The Morgan fingerprint density at radius 1 is 0.633 bits per heavy atom. The average molecular weight is 876 g/mol. The Hall–Kier alpha value is -6.78. The molecule has 13 nitrogen and oxygen atoms in total. The van der Waals surface area contributed by atoms with E-state index in [1.54, 1.807) is 83.9 Å². The van der Waals surface area contributed by atoms with Gasteiger partial charge in [-0.3, -0.25) is 24.5 Å². The van der Waals surface area contributed by atoms with Gasteiger partial charge >= 0.3 is 0 Å². The molecule has 2 aromatic carbocycles. The first-order valence-corrected chi connectivity index (χ1v) is 19.8. The maximum Gasteiger partial charge on any atom is 0.254 e. The summed E-state index contributed by atoms with van der Waals surface area (Å²) >= 11 is 3.36. The van der Waals surface area contributed by atoms with Crippen LogP contribution in [0.4, 0.5) is 8.78 Å². The largest absolute Gasteiger partial charge is 0.397 e. The second-order valence-electron chi connectivity index (χ2n) is 13.2. The van der Waals surface area contributed by atoms with Crippen molar-refractivity contribution in [1.82, 2.24) is 50.1 Å². The van der Waals surface area contributed by atoms with E-state index >= 15 is 0 Å². The van der Waals surface area contributed by atoms with E-state index < -0.39 is 0 Å². The molecule has 3 N–H and O–H groups in total. The molecule has 0 radical (unpaired) electrons. The van der Waals surface area contributed by atoms with Crippen molar-refractivity contribution in [2.75, 3.05) is 6.61 Å².